The van der Waals surface area contributed by atoms with Gasteiger partial charge in [0.15, 0.2) is 0 Å². The van der Waals surface area contributed by atoms with E-state index in [2.05, 4.69) is 24.3 Å². The molecule has 102 valence electrons. The van der Waals surface area contributed by atoms with E-state index in [1.54, 1.807) is 0 Å². The summed E-state index contributed by atoms with van der Waals surface area (Å²) in [6, 6.07) is 8.68. The quantitative estimate of drug-likeness (QED) is 0.882. The zero-order valence-corrected chi connectivity index (χ0v) is 11.3. The second-order valence-corrected chi connectivity index (χ2v) is 5.71. The summed E-state index contributed by atoms with van der Waals surface area (Å²) in [5.74, 6) is 0.372. The average Bonchev–Trinajstić information content (AvgIpc) is 2.94. The highest BCUT2D eigenvalue weighted by atomic mass is 16.2. The number of nitrogens with two attached hydrogens (primary N) is 1. The summed E-state index contributed by atoms with van der Waals surface area (Å²) < 4.78 is 0. The van der Waals surface area contributed by atoms with Gasteiger partial charge in [0.25, 0.3) is 0 Å². The summed E-state index contributed by atoms with van der Waals surface area (Å²) in [5.41, 5.74) is 8.40. The van der Waals surface area contributed by atoms with E-state index in [1.165, 1.54) is 11.1 Å². The second-order valence-electron chi connectivity index (χ2n) is 5.71. The van der Waals surface area contributed by atoms with Gasteiger partial charge in [0, 0.05) is 19.1 Å². The fourth-order valence-electron chi connectivity index (χ4n) is 3.58. The van der Waals surface area contributed by atoms with Crippen molar-refractivity contribution < 1.29 is 4.79 Å². The Kier molecular flexibility index (Phi) is 3.56. The lowest BCUT2D eigenvalue weighted by Crippen LogP contribution is -2.43. The average molecular weight is 258 g/mol. The van der Waals surface area contributed by atoms with Crippen molar-refractivity contribution in [1.82, 2.24) is 4.90 Å². The molecule has 1 aromatic carbocycles. The number of hydrogen-bond donors (Lipinski definition) is 1. The SMILES string of the molecule is NCC1CCCN1C(=O)C1CCCc2ccccc21. The Morgan fingerprint density at radius 1 is 1.26 bits per heavy atom. The van der Waals surface area contributed by atoms with Crippen molar-refractivity contribution in [2.75, 3.05) is 13.1 Å². The molecule has 1 saturated heterocycles. The molecule has 3 nitrogen and oxygen atoms in total. The molecule has 3 rings (SSSR count). The largest absolute Gasteiger partial charge is 0.338 e. The normalized spacial score (nSPS) is 26.3. The minimum atomic E-state index is 0.0668. The van der Waals surface area contributed by atoms with Gasteiger partial charge in [0.1, 0.15) is 0 Å². The molecule has 0 saturated carbocycles. The van der Waals surface area contributed by atoms with E-state index in [9.17, 15) is 4.79 Å². The lowest BCUT2D eigenvalue weighted by atomic mass is 9.82. The Bertz CT molecular complexity index is 472. The van der Waals surface area contributed by atoms with Gasteiger partial charge in [0.2, 0.25) is 5.91 Å². The molecule has 0 aromatic heterocycles. The van der Waals surface area contributed by atoms with E-state index in [1.807, 2.05) is 4.90 Å². The molecule has 1 aliphatic carbocycles. The number of likely N-dealkylation sites (tertiary alicyclic amines) is 1. The molecular formula is C16H22N2O. The molecule has 2 N–H and O–H groups in total. The predicted octanol–water partition coefficient (Wildman–Crippen LogP) is 2.06. The second kappa shape index (κ2) is 5.33. The van der Waals surface area contributed by atoms with Gasteiger partial charge in [-0.15, -0.1) is 0 Å². The summed E-state index contributed by atoms with van der Waals surface area (Å²) >= 11 is 0. The molecule has 0 bridgehead atoms. The van der Waals surface area contributed by atoms with Gasteiger partial charge in [-0.25, -0.2) is 0 Å². The maximum atomic E-state index is 12.8. The molecule has 2 atom stereocenters. The van der Waals surface area contributed by atoms with Crippen LogP contribution in [0.5, 0.6) is 0 Å². The van der Waals surface area contributed by atoms with Crippen molar-refractivity contribution in [3.63, 3.8) is 0 Å². The number of amides is 1. The van der Waals surface area contributed by atoms with Crippen LogP contribution in [-0.4, -0.2) is 29.9 Å². The van der Waals surface area contributed by atoms with Crippen LogP contribution in [0.15, 0.2) is 24.3 Å². The highest BCUT2D eigenvalue weighted by Gasteiger charge is 2.34. The Hall–Kier alpha value is -1.35. The maximum absolute atomic E-state index is 12.8. The summed E-state index contributed by atoms with van der Waals surface area (Å²) in [6.45, 7) is 1.49. The Balaban J connectivity index is 1.85. The molecule has 2 aliphatic rings. The smallest absolute Gasteiger partial charge is 0.230 e. The van der Waals surface area contributed by atoms with E-state index in [0.717, 1.165) is 38.6 Å². The number of aryl methyl sites for hydroxylation is 1. The van der Waals surface area contributed by atoms with Crippen molar-refractivity contribution in [3.8, 4) is 0 Å². The molecule has 1 amide bonds. The first-order valence-electron chi connectivity index (χ1n) is 7.39. The highest BCUT2D eigenvalue weighted by molar-refractivity contribution is 5.85. The number of hydrogen-bond acceptors (Lipinski definition) is 2. The first kappa shape index (κ1) is 12.7. The van der Waals surface area contributed by atoms with Crippen molar-refractivity contribution in [3.05, 3.63) is 35.4 Å². The molecule has 2 unspecified atom stereocenters. The van der Waals surface area contributed by atoms with Crippen LogP contribution in [0.1, 0.15) is 42.7 Å². The lowest BCUT2D eigenvalue weighted by molar-refractivity contribution is -0.133. The van der Waals surface area contributed by atoms with Crippen molar-refractivity contribution in [2.24, 2.45) is 5.73 Å². The number of carbonyl (C=O) groups is 1. The summed E-state index contributed by atoms with van der Waals surface area (Å²) in [6.07, 6.45) is 5.39. The zero-order chi connectivity index (χ0) is 13.2. The van der Waals surface area contributed by atoms with Crippen LogP contribution in [-0.2, 0) is 11.2 Å². The molecule has 0 spiro atoms. The number of benzene rings is 1. The lowest BCUT2D eigenvalue weighted by Gasteiger charge is -2.31. The van der Waals surface area contributed by atoms with E-state index in [4.69, 9.17) is 5.73 Å². The van der Waals surface area contributed by atoms with Crippen LogP contribution in [0.3, 0.4) is 0 Å². The van der Waals surface area contributed by atoms with Crippen LogP contribution in [0.2, 0.25) is 0 Å². The van der Waals surface area contributed by atoms with Gasteiger partial charge in [-0.1, -0.05) is 24.3 Å². The maximum Gasteiger partial charge on any atom is 0.230 e. The van der Waals surface area contributed by atoms with E-state index >= 15 is 0 Å². The van der Waals surface area contributed by atoms with Crippen LogP contribution < -0.4 is 5.73 Å². The van der Waals surface area contributed by atoms with Crippen LogP contribution in [0.25, 0.3) is 0 Å². The fourth-order valence-corrected chi connectivity index (χ4v) is 3.58. The Morgan fingerprint density at radius 2 is 2.11 bits per heavy atom. The van der Waals surface area contributed by atoms with Crippen molar-refractivity contribution in [2.45, 2.75) is 44.1 Å². The number of carbonyl (C=O) groups excluding carboxylic acids is 1. The van der Waals surface area contributed by atoms with Crippen molar-refractivity contribution in [1.29, 1.82) is 0 Å². The first-order valence-corrected chi connectivity index (χ1v) is 7.39. The third-order valence-corrected chi connectivity index (χ3v) is 4.60. The minimum Gasteiger partial charge on any atom is -0.338 e. The molecule has 19 heavy (non-hydrogen) atoms. The topological polar surface area (TPSA) is 46.3 Å². The Morgan fingerprint density at radius 3 is 2.95 bits per heavy atom. The van der Waals surface area contributed by atoms with Gasteiger partial charge in [0.05, 0.1) is 5.92 Å². The number of fused-ring (bicyclic) bond motifs is 1. The van der Waals surface area contributed by atoms with E-state index in [-0.39, 0.29) is 12.0 Å². The monoisotopic (exact) mass is 258 g/mol. The molecule has 1 fully saturated rings. The van der Waals surface area contributed by atoms with Gasteiger partial charge in [-0.2, -0.15) is 0 Å². The van der Waals surface area contributed by atoms with Crippen molar-refractivity contribution >= 4 is 5.91 Å². The van der Waals surface area contributed by atoms with E-state index in [0.29, 0.717) is 12.5 Å². The van der Waals surface area contributed by atoms with Gasteiger partial charge < -0.3 is 10.6 Å². The van der Waals surface area contributed by atoms with Gasteiger partial charge in [-0.3, -0.25) is 4.79 Å². The predicted molar refractivity (Wildman–Crippen MR) is 75.9 cm³/mol. The third-order valence-electron chi connectivity index (χ3n) is 4.60. The molecule has 1 heterocycles. The van der Waals surface area contributed by atoms with Crippen LogP contribution in [0, 0.1) is 0 Å². The van der Waals surface area contributed by atoms with Gasteiger partial charge >= 0.3 is 0 Å². The van der Waals surface area contributed by atoms with E-state index < -0.39 is 0 Å². The molecule has 1 aliphatic heterocycles. The summed E-state index contributed by atoms with van der Waals surface area (Å²) in [5, 5.41) is 0. The van der Waals surface area contributed by atoms with Gasteiger partial charge in [-0.05, 0) is 43.2 Å². The Labute approximate surface area is 114 Å². The zero-order valence-electron chi connectivity index (χ0n) is 11.3. The first-order chi connectivity index (χ1) is 9.31. The standard InChI is InChI=1S/C16H22N2O/c17-11-13-7-4-10-18(13)16(19)15-9-3-6-12-5-1-2-8-14(12)15/h1-2,5,8,13,15H,3-4,6-7,9-11,17H2. The summed E-state index contributed by atoms with van der Waals surface area (Å²) in [7, 11) is 0. The minimum absolute atomic E-state index is 0.0668. The van der Waals surface area contributed by atoms with Crippen LogP contribution >= 0.6 is 0 Å². The highest BCUT2D eigenvalue weighted by Crippen LogP contribution is 2.34. The number of rotatable bonds is 2. The van der Waals surface area contributed by atoms with Crippen LogP contribution in [0.4, 0.5) is 0 Å². The summed E-state index contributed by atoms with van der Waals surface area (Å²) in [4.78, 5) is 14.8. The molecule has 3 heteroatoms. The molecule has 0 radical (unpaired) electrons. The molecule has 1 aromatic rings. The molecular weight excluding hydrogens is 236 g/mol. The fraction of sp³-hybridized carbons (Fsp3) is 0.562. The number of nitrogens with zero attached hydrogens (tertiary/aromatic N) is 1. The third kappa shape index (κ3) is 2.27.